The van der Waals surface area contributed by atoms with Crippen LogP contribution in [0, 0.1) is 20.8 Å². The van der Waals surface area contributed by atoms with Gasteiger partial charge in [0.05, 0.1) is 10.6 Å². The monoisotopic (exact) mass is 563 g/mol. The zero-order valence-electron chi connectivity index (χ0n) is 24.2. The maximum atomic E-state index is 14.2. The van der Waals surface area contributed by atoms with Crippen LogP contribution in [0.3, 0.4) is 0 Å². The lowest BCUT2D eigenvalue weighted by Crippen LogP contribution is -2.52. The molecule has 40 heavy (non-hydrogen) atoms. The van der Waals surface area contributed by atoms with E-state index in [1.807, 2.05) is 71.0 Å². The average Bonchev–Trinajstić information content (AvgIpc) is 2.93. The fourth-order valence-electron chi connectivity index (χ4n) is 4.71. The SMILES string of the molecule is CCCCNC(=O)C(CC)N(Cc1ccccc1C)C(=O)CN(c1ccc(C)cc1C)S(=O)(=O)c1ccccc1. The number of carbonyl (C=O) groups is 2. The topological polar surface area (TPSA) is 86.8 Å². The van der Waals surface area contributed by atoms with Crippen molar-refractivity contribution in [1.82, 2.24) is 10.2 Å². The second kappa shape index (κ2) is 14.1. The minimum atomic E-state index is -4.08. The lowest BCUT2D eigenvalue weighted by Gasteiger charge is -2.34. The van der Waals surface area contributed by atoms with E-state index in [2.05, 4.69) is 5.32 Å². The van der Waals surface area contributed by atoms with Crippen molar-refractivity contribution in [3.63, 3.8) is 0 Å². The highest BCUT2D eigenvalue weighted by Crippen LogP contribution is 2.28. The fraction of sp³-hybridized carbons (Fsp3) is 0.375. The van der Waals surface area contributed by atoms with E-state index in [1.165, 1.54) is 21.3 Å². The number of carbonyl (C=O) groups excluding carboxylic acids is 2. The minimum absolute atomic E-state index is 0.0950. The summed E-state index contributed by atoms with van der Waals surface area (Å²) in [6.45, 7) is 9.92. The quantitative estimate of drug-likeness (QED) is 0.277. The molecule has 0 fully saturated rings. The first-order valence-corrected chi connectivity index (χ1v) is 15.3. The molecular formula is C32H41N3O4S. The van der Waals surface area contributed by atoms with E-state index in [4.69, 9.17) is 0 Å². The Bertz CT molecular complexity index is 1410. The molecule has 8 heteroatoms. The highest BCUT2D eigenvalue weighted by molar-refractivity contribution is 7.92. The standard InChI is InChI=1S/C32H41N3O4S/c1-6-8-20-33-32(37)29(7-2)34(22-27-15-13-12-14-25(27)4)31(36)23-35(30-19-18-24(3)21-26(30)5)40(38,39)28-16-10-9-11-17-28/h9-19,21,29H,6-8,20,22-23H2,1-5H3,(H,33,37). The van der Waals surface area contributed by atoms with E-state index >= 15 is 0 Å². The number of hydrogen-bond acceptors (Lipinski definition) is 4. The van der Waals surface area contributed by atoms with Gasteiger partial charge in [0.2, 0.25) is 11.8 Å². The van der Waals surface area contributed by atoms with Crippen LogP contribution in [-0.4, -0.2) is 44.3 Å². The average molecular weight is 564 g/mol. The van der Waals surface area contributed by atoms with E-state index in [9.17, 15) is 18.0 Å². The van der Waals surface area contributed by atoms with Gasteiger partial charge in [-0.1, -0.05) is 80.4 Å². The lowest BCUT2D eigenvalue weighted by atomic mass is 10.1. The maximum absolute atomic E-state index is 14.2. The van der Waals surface area contributed by atoms with Crippen molar-refractivity contribution in [3.8, 4) is 0 Å². The van der Waals surface area contributed by atoms with Gasteiger partial charge in [-0.25, -0.2) is 8.42 Å². The van der Waals surface area contributed by atoms with E-state index < -0.39 is 28.5 Å². The van der Waals surface area contributed by atoms with Gasteiger partial charge in [-0.3, -0.25) is 13.9 Å². The molecule has 0 aliphatic heterocycles. The fourth-order valence-corrected chi connectivity index (χ4v) is 6.21. The van der Waals surface area contributed by atoms with Gasteiger partial charge < -0.3 is 10.2 Å². The number of aryl methyl sites for hydroxylation is 3. The first-order valence-electron chi connectivity index (χ1n) is 13.9. The first-order chi connectivity index (χ1) is 19.1. The lowest BCUT2D eigenvalue weighted by molar-refractivity contribution is -0.140. The molecule has 1 atom stereocenters. The van der Waals surface area contributed by atoms with Gasteiger partial charge in [0.25, 0.3) is 10.0 Å². The molecule has 1 N–H and O–H groups in total. The van der Waals surface area contributed by atoms with Crippen LogP contribution in [-0.2, 0) is 26.2 Å². The summed E-state index contributed by atoms with van der Waals surface area (Å²) in [6.07, 6.45) is 2.17. The number of benzene rings is 3. The van der Waals surface area contributed by atoms with E-state index in [0.717, 1.165) is 35.1 Å². The Morgan fingerprint density at radius 3 is 2.17 bits per heavy atom. The Balaban J connectivity index is 2.07. The van der Waals surface area contributed by atoms with Crippen LogP contribution in [0.5, 0.6) is 0 Å². The molecule has 0 bridgehead atoms. The van der Waals surface area contributed by atoms with Gasteiger partial charge in [-0.05, 0) is 68.5 Å². The number of hydrogen-bond donors (Lipinski definition) is 1. The third kappa shape index (κ3) is 7.50. The summed E-state index contributed by atoms with van der Waals surface area (Å²) in [5, 5.41) is 2.96. The van der Waals surface area contributed by atoms with Gasteiger partial charge in [0.15, 0.2) is 0 Å². The van der Waals surface area contributed by atoms with Crippen LogP contribution < -0.4 is 9.62 Å². The predicted molar refractivity (Wildman–Crippen MR) is 161 cm³/mol. The summed E-state index contributed by atoms with van der Waals surface area (Å²) in [5.74, 6) is -0.679. The molecular weight excluding hydrogens is 522 g/mol. The van der Waals surface area contributed by atoms with Crippen LogP contribution in [0.25, 0.3) is 0 Å². The molecule has 0 radical (unpaired) electrons. The Labute approximate surface area is 239 Å². The Morgan fingerprint density at radius 2 is 1.55 bits per heavy atom. The molecule has 3 rings (SSSR count). The normalized spacial score (nSPS) is 12.0. The molecule has 7 nitrogen and oxygen atoms in total. The van der Waals surface area contributed by atoms with Crippen molar-refractivity contribution in [2.24, 2.45) is 0 Å². The molecule has 0 heterocycles. The number of nitrogens with one attached hydrogen (secondary N) is 1. The van der Waals surface area contributed by atoms with Gasteiger partial charge in [-0.15, -0.1) is 0 Å². The summed E-state index contributed by atoms with van der Waals surface area (Å²) >= 11 is 0. The van der Waals surface area contributed by atoms with Crippen molar-refractivity contribution in [1.29, 1.82) is 0 Å². The highest BCUT2D eigenvalue weighted by atomic mass is 32.2. The number of nitrogens with zero attached hydrogens (tertiary/aromatic N) is 2. The van der Waals surface area contributed by atoms with Crippen LogP contribution in [0.15, 0.2) is 77.7 Å². The van der Waals surface area contributed by atoms with Crippen LogP contribution in [0.1, 0.15) is 55.4 Å². The summed E-state index contributed by atoms with van der Waals surface area (Å²) in [5.41, 5.74) is 4.05. The molecule has 0 aliphatic carbocycles. The van der Waals surface area contributed by atoms with E-state index in [-0.39, 0.29) is 17.3 Å². The van der Waals surface area contributed by atoms with E-state index in [0.29, 0.717) is 18.7 Å². The number of rotatable bonds is 13. The predicted octanol–water partition coefficient (Wildman–Crippen LogP) is 5.53. The van der Waals surface area contributed by atoms with Gasteiger partial charge in [0.1, 0.15) is 12.6 Å². The summed E-state index contributed by atoms with van der Waals surface area (Å²) < 4.78 is 29.1. The number of anilines is 1. The second-order valence-electron chi connectivity index (χ2n) is 10.1. The maximum Gasteiger partial charge on any atom is 0.264 e. The molecule has 0 saturated heterocycles. The van der Waals surface area contributed by atoms with Gasteiger partial charge >= 0.3 is 0 Å². The largest absolute Gasteiger partial charge is 0.354 e. The zero-order chi connectivity index (χ0) is 29.3. The number of amides is 2. The highest BCUT2D eigenvalue weighted by Gasteiger charge is 2.34. The number of unbranched alkanes of at least 4 members (excludes halogenated alkanes) is 1. The number of sulfonamides is 1. The molecule has 214 valence electrons. The van der Waals surface area contributed by atoms with Crippen molar-refractivity contribution in [3.05, 3.63) is 95.1 Å². The minimum Gasteiger partial charge on any atom is -0.354 e. The zero-order valence-corrected chi connectivity index (χ0v) is 25.0. The van der Waals surface area contributed by atoms with Gasteiger partial charge in [0, 0.05) is 13.1 Å². The van der Waals surface area contributed by atoms with Gasteiger partial charge in [-0.2, -0.15) is 0 Å². The van der Waals surface area contributed by atoms with Crippen LogP contribution >= 0.6 is 0 Å². The Hall–Kier alpha value is -3.65. The van der Waals surface area contributed by atoms with E-state index in [1.54, 1.807) is 24.3 Å². The Kier molecular flexibility index (Phi) is 10.9. The Morgan fingerprint density at radius 1 is 0.875 bits per heavy atom. The third-order valence-corrected chi connectivity index (χ3v) is 8.82. The molecule has 3 aromatic carbocycles. The molecule has 0 spiro atoms. The molecule has 2 amide bonds. The molecule has 3 aromatic rings. The van der Waals surface area contributed by atoms with Crippen LogP contribution in [0.2, 0.25) is 0 Å². The molecule has 0 aromatic heterocycles. The van der Waals surface area contributed by atoms with Crippen molar-refractivity contribution in [2.45, 2.75) is 71.4 Å². The molecule has 1 unspecified atom stereocenters. The summed E-state index contributed by atoms with van der Waals surface area (Å²) in [6, 6.07) is 20.6. The smallest absolute Gasteiger partial charge is 0.264 e. The third-order valence-electron chi connectivity index (χ3n) is 7.05. The molecule has 0 aliphatic rings. The second-order valence-corrected chi connectivity index (χ2v) is 12.0. The van der Waals surface area contributed by atoms with Crippen molar-refractivity contribution in [2.75, 3.05) is 17.4 Å². The molecule has 0 saturated carbocycles. The van der Waals surface area contributed by atoms with Crippen LogP contribution in [0.4, 0.5) is 5.69 Å². The summed E-state index contributed by atoms with van der Waals surface area (Å²) in [7, 11) is -4.08. The van der Waals surface area contributed by atoms with Crippen molar-refractivity contribution >= 4 is 27.5 Å². The first kappa shape index (κ1) is 30.9. The van der Waals surface area contributed by atoms with Crippen molar-refractivity contribution < 1.29 is 18.0 Å². The summed E-state index contributed by atoms with van der Waals surface area (Å²) in [4.78, 5) is 29.1.